The quantitative estimate of drug-likeness (QED) is 0.478. The molecule has 0 bridgehead atoms. The minimum absolute atomic E-state index is 0.0525. The molecule has 0 atom stereocenters. The lowest BCUT2D eigenvalue weighted by atomic mass is 10.1. The van der Waals surface area contributed by atoms with Crippen LogP contribution < -0.4 is 5.32 Å². The highest BCUT2D eigenvalue weighted by Gasteiger charge is 2.34. The van der Waals surface area contributed by atoms with Crippen LogP contribution in [0.25, 0.3) is 10.7 Å². The number of benzene rings is 1. The minimum atomic E-state index is -4.62. The molecule has 0 radical (unpaired) electrons. The van der Waals surface area contributed by atoms with Gasteiger partial charge in [-0.15, -0.1) is 21.5 Å². The van der Waals surface area contributed by atoms with Gasteiger partial charge >= 0.3 is 6.18 Å². The molecule has 152 valence electrons. The first-order valence-electron chi connectivity index (χ1n) is 8.61. The molecule has 1 amide bonds. The van der Waals surface area contributed by atoms with Crippen LogP contribution >= 0.6 is 34.7 Å². The molecular formula is C18H14ClF3N4OS2. The van der Waals surface area contributed by atoms with Gasteiger partial charge in [0.2, 0.25) is 5.91 Å². The lowest BCUT2D eigenvalue weighted by Crippen LogP contribution is -2.18. The van der Waals surface area contributed by atoms with Crippen LogP contribution in [-0.4, -0.2) is 26.4 Å². The molecule has 1 aliphatic rings. The molecule has 3 aromatic rings. The zero-order valence-corrected chi connectivity index (χ0v) is 17.1. The molecule has 0 aliphatic heterocycles. The molecule has 1 saturated carbocycles. The summed E-state index contributed by atoms with van der Waals surface area (Å²) in [5, 5.41) is 13.2. The number of halogens is 4. The van der Waals surface area contributed by atoms with Crippen molar-refractivity contribution in [2.45, 2.75) is 30.2 Å². The van der Waals surface area contributed by atoms with Crippen molar-refractivity contribution in [1.82, 2.24) is 14.8 Å². The van der Waals surface area contributed by atoms with Gasteiger partial charge < -0.3 is 5.32 Å². The molecule has 1 N–H and O–H groups in total. The Kier molecular flexibility index (Phi) is 5.58. The maximum absolute atomic E-state index is 13.2. The van der Waals surface area contributed by atoms with E-state index in [2.05, 4.69) is 15.5 Å². The number of carbonyl (C=O) groups excluding carboxylic acids is 1. The van der Waals surface area contributed by atoms with E-state index in [1.807, 2.05) is 22.1 Å². The van der Waals surface area contributed by atoms with E-state index < -0.39 is 17.6 Å². The zero-order chi connectivity index (χ0) is 20.6. The van der Waals surface area contributed by atoms with Crippen LogP contribution in [0.3, 0.4) is 0 Å². The third-order valence-corrected chi connectivity index (χ3v) is 6.26. The molecule has 0 spiro atoms. The first-order chi connectivity index (χ1) is 13.8. The third kappa shape index (κ3) is 4.59. The number of nitrogens with one attached hydrogen (secondary N) is 1. The van der Waals surface area contributed by atoms with Gasteiger partial charge in [-0.05, 0) is 42.5 Å². The van der Waals surface area contributed by atoms with Crippen LogP contribution in [0, 0.1) is 0 Å². The van der Waals surface area contributed by atoms with Gasteiger partial charge in [0.05, 0.1) is 21.9 Å². The lowest BCUT2D eigenvalue weighted by molar-refractivity contribution is -0.137. The van der Waals surface area contributed by atoms with E-state index in [0.29, 0.717) is 11.2 Å². The minimum Gasteiger partial charge on any atom is -0.325 e. The van der Waals surface area contributed by atoms with Gasteiger partial charge in [0.1, 0.15) is 0 Å². The van der Waals surface area contributed by atoms with Gasteiger partial charge in [0.15, 0.2) is 11.0 Å². The number of alkyl halides is 3. The number of amides is 1. The zero-order valence-electron chi connectivity index (χ0n) is 14.7. The second kappa shape index (κ2) is 8.00. The predicted octanol–water partition coefficient (Wildman–Crippen LogP) is 5.74. The Balaban J connectivity index is 1.48. The summed E-state index contributed by atoms with van der Waals surface area (Å²) in [6, 6.07) is 7.42. The van der Waals surface area contributed by atoms with Gasteiger partial charge in [-0.1, -0.05) is 29.4 Å². The van der Waals surface area contributed by atoms with Crippen LogP contribution in [-0.2, 0) is 11.0 Å². The first-order valence-corrected chi connectivity index (χ1v) is 10.9. The molecule has 11 heteroatoms. The standard InChI is InChI=1S/C18H14ClF3N4OS2/c19-10-3-6-13(12(8-10)18(20,21)22)23-15(27)9-29-17-25-24-16(14-2-1-7-28-14)26(17)11-4-5-11/h1-3,6-8,11H,4-5,9H2,(H,23,27). The summed E-state index contributed by atoms with van der Waals surface area (Å²) >= 11 is 8.37. The van der Waals surface area contributed by atoms with Gasteiger partial charge in [-0.3, -0.25) is 9.36 Å². The third-order valence-electron chi connectivity index (χ3n) is 4.21. The SMILES string of the molecule is O=C(CSc1nnc(-c2cccs2)n1C1CC1)Nc1ccc(Cl)cc1C(F)(F)F. The lowest BCUT2D eigenvalue weighted by Gasteiger charge is -2.14. The topological polar surface area (TPSA) is 59.8 Å². The predicted molar refractivity (Wildman–Crippen MR) is 107 cm³/mol. The van der Waals surface area contributed by atoms with Crippen molar-refractivity contribution in [2.75, 3.05) is 11.1 Å². The number of carbonyl (C=O) groups is 1. The Hall–Kier alpha value is -2.04. The Bertz CT molecular complexity index is 1030. The average Bonchev–Trinajstić information content (AvgIpc) is 3.18. The van der Waals surface area contributed by atoms with E-state index >= 15 is 0 Å². The summed E-state index contributed by atoms with van der Waals surface area (Å²) < 4.78 is 41.5. The van der Waals surface area contributed by atoms with Crippen molar-refractivity contribution in [3.8, 4) is 10.7 Å². The number of rotatable bonds is 6. The van der Waals surface area contributed by atoms with Crippen molar-refractivity contribution < 1.29 is 18.0 Å². The van der Waals surface area contributed by atoms with Gasteiger partial charge in [0, 0.05) is 11.1 Å². The van der Waals surface area contributed by atoms with Crippen molar-refractivity contribution in [1.29, 1.82) is 0 Å². The van der Waals surface area contributed by atoms with Crippen LogP contribution in [0.4, 0.5) is 18.9 Å². The Morgan fingerprint density at radius 2 is 2.10 bits per heavy atom. The smallest absolute Gasteiger partial charge is 0.325 e. The van der Waals surface area contributed by atoms with E-state index in [-0.39, 0.29) is 16.5 Å². The van der Waals surface area contributed by atoms with E-state index in [0.717, 1.165) is 47.4 Å². The summed E-state index contributed by atoms with van der Waals surface area (Å²) in [7, 11) is 0. The highest BCUT2D eigenvalue weighted by Crippen LogP contribution is 2.42. The van der Waals surface area contributed by atoms with Crippen LogP contribution in [0.2, 0.25) is 5.02 Å². The van der Waals surface area contributed by atoms with Crippen LogP contribution in [0.15, 0.2) is 40.9 Å². The summed E-state index contributed by atoms with van der Waals surface area (Å²) in [6.07, 6.45) is -2.60. The fraction of sp³-hybridized carbons (Fsp3) is 0.278. The molecule has 5 nitrogen and oxygen atoms in total. The normalized spacial score (nSPS) is 14.2. The fourth-order valence-corrected chi connectivity index (χ4v) is 4.47. The van der Waals surface area contributed by atoms with Crippen LogP contribution in [0.5, 0.6) is 0 Å². The molecular weight excluding hydrogens is 445 g/mol. The van der Waals surface area contributed by atoms with Crippen molar-refractivity contribution >= 4 is 46.3 Å². The summed E-state index contributed by atoms with van der Waals surface area (Å²) in [6.45, 7) is 0. The molecule has 1 aromatic carbocycles. The van der Waals surface area contributed by atoms with E-state index in [1.165, 1.54) is 6.07 Å². The second-order valence-electron chi connectivity index (χ2n) is 6.41. The number of thioether (sulfide) groups is 1. The summed E-state index contributed by atoms with van der Waals surface area (Å²) in [5.41, 5.74) is -1.31. The monoisotopic (exact) mass is 458 g/mol. The molecule has 2 heterocycles. The van der Waals surface area contributed by atoms with Crippen LogP contribution in [0.1, 0.15) is 24.4 Å². The molecule has 1 aliphatic carbocycles. The summed E-state index contributed by atoms with van der Waals surface area (Å²) in [5.74, 6) is 0.100. The summed E-state index contributed by atoms with van der Waals surface area (Å²) in [4.78, 5) is 13.3. The molecule has 0 unspecified atom stereocenters. The first kappa shape index (κ1) is 20.2. The largest absolute Gasteiger partial charge is 0.418 e. The highest BCUT2D eigenvalue weighted by atomic mass is 35.5. The number of hydrogen-bond donors (Lipinski definition) is 1. The van der Waals surface area contributed by atoms with Gasteiger partial charge in [-0.2, -0.15) is 13.2 Å². The maximum Gasteiger partial charge on any atom is 0.418 e. The molecule has 29 heavy (non-hydrogen) atoms. The van der Waals surface area contributed by atoms with E-state index in [9.17, 15) is 18.0 Å². The fourth-order valence-electron chi connectivity index (χ4n) is 2.79. The molecule has 4 rings (SSSR count). The number of anilines is 1. The number of hydrogen-bond acceptors (Lipinski definition) is 5. The average molecular weight is 459 g/mol. The maximum atomic E-state index is 13.2. The number of nitrogens with zero attached hydrogens (tertiary/aromatic N) is 3. The second-order valence-corrected chi connectivity index (χ2v) is 8.74. The Morgan fingerprint density at radius 1 is 1.31 bits per heavy atom. The number of aromatic nitrogens is 3. The number of thiophene rings is 1. The van der Waals surface area contributed by atoms with Gasteiger partial charge in [-0.25, -0.2) is 0 Å². The van der Waals surface area contributed by atoms with Crippen molar-refractivity contribution in [3.05, 3.63) is 46.3 Å². The molecule has 2 aromatic heterocycles. The Morgan fingerprint density at radius 3 is 2.76 bits per heavy atom. The highest BCUT2D eigenvalue weighted by molar-refractivity contribution is 7.99. The van der Waals surface area contributed by atoms with E-state index in [1.54, 1.807) is 11.3 Å². The van der Waals surface area contributed by atoms with Crippen molar-refractivity contribution in [2.24, 2.45) is 0 Å². The Labute approximate surface area is 177 Å². The van der Waals surface area contributed by atoms with Crippen molar-refractivity contribution in [3.63, 3.8) is 0 Å². The molecule has 0 saturated heterocycles. The van der Waals surface area contributed by atoms with Gasteiger partial charge in [0.25, 0.3) is 0 Å². The van der Waals surface area contributed by atoms with E-state index in [4.69, 9.17) is 11.6 Å². The molecule has 1 fully saturated rings.